The van der Waals surface area contributed by atoms with E-state index in [0.717, 1.165) is 47.2 Å². The summed E-state index contributed by atoms with van der Waals surface area (Å²) in [4.78, 5) is 4.43. The number of halogens is 1. The Kier molecular flexibility index (Phi) is 3.92. The molecule has 0 aliphatic heterocycles. The Hall–Kier alpha value is -1.16. The van der Waals surface area contributed by atoms with Crippen LogP contribution in [-0.2, 0) is 6.54 Å². The highest BCUT2D eigenvalue weighted by Crippen LogP contribution is 2.29. The first kappa shape index (κ1) is 13.8. The van der Waals surface area contributed by atoms with E-state index < -0.39 is 5.60 Å². The van der Waals surface area contributed by atoms with Gasteiger partial charge in [-0.25, -0.2) is 0 Å². The van der Waals surface area contributed by atoms with Crippen molar-refractivity contribution in [2.24, 2.45) is 0 Å². The second-order valence-electron chi connectivity index (χ2n) is 5.68. The van der Waals surface area contributed by atoms with E-state index in [9.17, 15) is 5.11 Å². The van der Waals surface area contributed by atoms with E-state index in [-0.39, 0.29) is 0 Å². The molecule has 0 unspecified atom stereocenters. The van der Waals surface area contributed by atoms with Gasteiger partial charge in [-0.05, 0) is 36.6 Å². The molecule has 4 heteroatoms. The van der Waals surface area contributed by atoms with Gasteiger partial charge in [-0.15, -0.1) is 0 Å². The maximum atomic E-state index is 10.3. The maximum absolute atomic E-state index is 10.3. The quantitative estimate of drug-likeness (QED) is 0.908. The lowest BCUT2D eigenvalue weighted by Gasteiger charge is -2.22. The Labute approximate surface area is 124 Å². The van der Waals surface area contributed by atoms with Gasteiger partial charge >= 0.3 is 0 Å². The molecule has 0 atom stereocenters. The lowest BCUT2D eigenvalue weighted by Crippen LogP contribution is -2.37. The molecule has 1 fully saturated rings. The van der Waals surface area contributed by atoms with Crippen LogP contribution in [-0.4, -0.2) is 22.2 Å². The van der Waals surface area contributed by atoms with Gasteiger partial charge < -0.3 is 10.4 Å². The van der Waals surface area contributed by atoms with Crippen LogP contribution >= 0.6 is 11.6 Å². The number of hydrogen-bond donors (Lipinski definition) is 2. The summed E-state index contributed by atoms with van der Waals surface area (Å²) in [5.41, 5.74) is 1.53. The van der Waals surface area contributed by atoms with Crippen molar-refractivity contribution in [2.45, 2.75) is 37.8 Å². The fraction of sp³-hybridized carbons (Fsp3) is 0.438. The number of pyridine rings is 1. The number of aromatic nitrogens is 1. The highest BCUT2D eigenvalue weighted by atomic mass is 35.5. The summed E-state index contributed by atoms with van der Waals surface area (Å²) in [6.07, 6.45) is 5.84. The van der Waals surface area contributed by atoms with Crippen LogP contribution in [0.4, 0.5) is 0 Å². The molecule has 3 nitrogen and oxygen atoms in total. The molecule has 1 saturated carbocycles. The Morgan fingerprint density at radius 1 is 1.30 bits per heavy atom. The Balaban J connectivity index is 1.74. The van der Waals surface area contributed by atoms with E-state index in [2.05, 4.69) is 10.3 Å². The Bertz CT molecular complexity index is 608. The van der Waals surface area contributed by atoms with Gasteiger partial charge in [0.05, 0.1) is 11.1 Å². The lowest BCUT2D eigenvalue weighted by atomic mass is 10.0. The zero-order valence-electron chi connectivity index (χ0n) is 11.4. The molecular formula is C16H19ClN2O. The van der Waals surface area contributed by atoms with Crippen LogP contribution in [0.1, 0.15) is 31.2 Å². The molecule has 0 bridgehead atoms. The third kappa shape index (κ3) is 2.95. The van der Waals surface area contributed by atoms with E-state index in [1.807, 2.05) is 24.3 Å². The maximum Gasteiger partial charge on any atom is 0.0771 e. The molecule has 1 aromatic heterocycles. The van der Waals surface area contributed by atoms with Gasteiger partial charge in [0, 0.05) is 29.7 Å². The average Bonchev–Trinajstić information content (AvgIpc) is 2.85. The number of benzene rings is 1. The minimum absolute atomic E-state index is 0.526. The number of nitrogens with zero attached hydrogens (tertiary/aromatic N) is 1. The van der Waals surface area contributed by atoms with Gasteiger partial charge in [-0.1, -0.05) is 30.5 Å². The second-order valence-corrected chi connectivity index (χ2v) is 6.11. The molecule has 1 aliphatic rings. The molecule has 2 aromatic rings. The molecule has 2 N–H and O–H groups in total. The monoisotopic (exact) mass is 290 g/mol. The van der Waals surface area contributed by atoms with Gasteiger partial charge in [0.15, 0.2) is 0 Å². The number of rotatable bonds is 4. The molecule has 0 radical (unpaired) electrons. The molecule has 1 aromatic carbocycles. The summed E-state index contributed by atoms with van der Waals surface area (Å²) in [5, 5.41) is 15.5. The molecular weight excluding hydrogens is 272 g/mol. The number of hydrogen-bond acceptors (Lipinski definition) is 3. The normalized spacial score (nSPS) is 17.7. The highest BCUT2D eigenvalue weighted by Gasteiger charge is 2.30. The number of nitrogens with one attached hydrogen (secondary N) is 1. The van der Waals surface area contributed by atoms with E-state index in [1.165, 1.54) is 0 Å². The van der Waals surface area contributed by atoms with Gasteiger partial charge in [0.2, 0.25) is 0 Å². The third-order valence-corrected chi connectivity index (χ3v) is 4.27. The minimum atomic E-state index is -0.526. The molecule has 106 valence electrons. The van der Waals surface area contributed by atoms with Crippen LogP contribution in [0, 0.1) is 0 Å². The number of fused-ring (bicyclic) bond motifs is 1. The standard InChI is InChI=1S/C16H19ClN2O/c17-14-8-12-4-3-7-19-15(12)13(9-14)10-18-11-16(20)5-1-2-6-16/h3-4,7-9,18,20H,1-2,5-6,10-11H2. The molecule has 0 spiro atoms. The molecule has 1 heterocycles. The van der Waals surface area contributed by atoms with Crippen molar-refractivity contribution in [3.63, 3.8) is 0 Å². The largest absolute Gasteiger partial charge is 0.389 e. The van der Waals surface area contributed by atoms with Crippen LogP contribution in [0.25, 0.3) is 10.9 Å². The van der Waals surface area contributed by atoms with E-state index >= 15 is 0 Å². The van der Waals surface area contributed by atoms with Gasteiger partial charge in [0.1, 0.15) is 0 Å². The second kappa shape index (κ2) is 5.68. The van der Waals surface area contributed by atoms with Gasteiger partial charge in [0.25, 0.3) is 0 Å². The summed E-state index contributed by atoms with van der Waals surface area (Å²) >= 11 is 6.15. The predicted octanol–water partition coefficient (Wildman–Crippen LogP) is 3.28. The van der Waals surface area contributed by atoms with Crippen molar-refractivity contribution in [2.75, 3.05) is 6.54 Å². The third-order valence-electron chi connectivity index (χ3n) is 4.05. The summed E-state index contributed by atoms with van der Waals surface area (Å²) in [7, 11) is 0. The molecule has 1 aliphatic carbocycles. The molecule has 0 amide bonds. The summed E-state index contributed by atoms with van der Waals surface area (Å²) < 4.78 is 0. The van der Waals surface area contributed by atoms with Crippen LogP contribution in [0.15, 0.2) is 30.5 Å². The van der Waals surface area contributed by atoms with Crippen molar-refractivity contribution in [3.8, 4) is 0 Å². The van der Waals surface area contributed by atoms with Crippen molar-refractivity contribution in [3.05, 3.63) is 41.0 Å². The fourth-order valence-corrected chi connectivity index (χ4v) is 3.25. The zero-order chi connectivity index (χ0) is 14.0. The molecule has 0 saturated heterocycles. The van der Waals surface area contributed by atoms with Gasteiger partial charge in [-0.3, -0.25) is 4.98 Å². The molecule has 3 rings (SSSR count). The van der Waals surface area contributed by atoms with Gasteiger partial charge in [-0.2, -0.15) is 0 Å². The van der Waals surface area contributed by atoms with E-state index in [0.29, 0.717) is 13.1 Å². The van der Waals surface area contributed by atoms with Crippen molar-refractivity contribution in [1.29, 1.82) is 0 Å². The summed E-state index contributed by atoms with van der Waals surface area (Å²) in [5.74, 6) is 0. The van der Waals surface area contributed by atoms with Crippen LogP contribution in [0.3, 0.4) is 0 Å². The first-order valence-electron chi connectivity index (χ1n) is 7.13. The summed E-state index contributed by atoms with van der Waals surface area (Å²) in [6.45, 7) is 1.31. The van der Waals surface area contributed by atoms with E-state index in [1.54, 1.807) is 6.20 Å². The Morgan fingerprint density at radius 2 is 2.10 bits per heavy atom. The highest BCUT2D eigenvalue weighted by molar-refractivity contribution is 6.31. The van der Waals surface area contributed by atoms with Crippen molar-refractivity contribution in [1.82, 2.24) is 10.3 Å². The molecule has 20 heavy (non-hydrogen) atoms. The van der Waals surface area contributed by atoms with Crippen LogP contribution in [0.5, 0.6) is 0 Å². The topological polar surface area (TPSA) is 45.1 Å². The van der Waals surface area contributed by atoms with Crippen molar-refractivity contribution < 1.29 is 5.11 Å². The predicted molar refractivity (Wildman–Crippen MR) is 81.9 cm³/mol. The van der Waals surface area contributed by atoms with E-state index in [4.69, 9.17) is 11.6 Å². The summed E-state index contributed by atoms with van der Waals surface area (Å²) in [6, 6.07) is 7.81. The van der Waals surface area contributed by atoms with Crippen LogP contribution in [0.2, 0.25) is 5.02 Å². The SMILES string of the molecule is OC1(CNCc2cc(Cl)cc3cccnc23)CCCC1. The first-order chi connectivity index (χ1) is 9.66. The minimum Gasteiger partial charge on any atom is -0.389 e. The van der Waals surface area contributed by atoms with Crippen LogP contribution < -0.4 is 5.32 Å². The zero-order valence-corrected chi connectivity index (χ0v) is 12.2. The lowest BCUT2D eigenvalue weighted by molar-refractivity contribution is 0.0475. The first-order valence-corrected chi connectivity index (χ1v) is 7.50. The Morgan fingerprint density at radius 3 is 2.90 bits per heavy atom. The average molecular weight is 291 g/mol. The smallest absolute Gasteiger partial charge is 0.0771 e. The fourth-order valence-electron chi connectivity index (χ4n) is 3.00. The number of aliphatic hydroxyl groups is 1. The van der Waals surface area contributed by atoms with Crippen molar-refractivity contribution >= 4 is 22.5 Å².